The van der Waals surface area contributed by atoms with Gasteiger partial charge in [0.05, 0.1) is 16.5 Å². The van der Waals surface area contributed by atoms with Gasteiger partial charge in [0.1, 0.15) is 12.2 Å². The van der Waals surface area contributed by atoms with Gasteiger partial charge in [-0.05, 0) is 36.4 Å². The van der Waals surface area contributed by atoms with Crippen LogP contribution in [0.4, 0.5) is 0 Å². The summed E-state index contributed by atoms with van der Waals surface area (Å²) in [6.07, 6.45) is 7.72. The number of rotatable bonds is 2. The third-order valence-electron chi connectivity index (χ3n) is 6.18. The smallest absolute Gasteiger partial charge is 0.273 e. The van der Waals surface area contributed by atoms with Gasteiger partial charge in [0.15, 0.2) is 0 Å². The van der Waals surface area contributed by atoms with Gasteiger partial charge in [-0.2, -0.15) is 4.57 Å². The Morgan fingerprint density at radius 2 is 1.39 bits per heavy atom. The van der Waals surface area contributed by atoms with Crippen molar-refractivity contribution in [1.29, 1.82) is 0 Å². The average Bonchev–Trinajstić information content (AvgIpc) is 3.46. The highest BCUT2D eigenvalue weighted by atomic mass is 15.3. The predicted octanol–water partition coefficient (Wildman–Crippen LogP) is 4.68. The Hall–Kier alpha value is -4.25. The largest absolute Gasteiger partial charge is 0.298 e. The molecule has 0 spiro atoms. The molecule has 146 valence electrons. The predicted molar refractivity (Wildman–Crippen MR) is 120 cm³/mol. The van der Waals surface area contributed by atoms with E-state index in [-0.39, 0.29) is 0 Å². The Labute approximate surface area is 178 Å². The summed E-state index contributed by atoms with van der Waals surface area (Å²) in [6.45, 7) is 0.826. The molecule has 5 heteroatoms. The first-order valence-corrected chi connectivity index (χ1v) is 10.4. The van der Waals surface area contributed by atoms with Crippen LogP contribution < -0.4 is 4.57 Å². The Balaban J connectivity index is 1.74. The van der Waals surface area contributed by atoms with E-state index in [1.807, 2.05) is 24.8 Å². The summed E-state index contributed by atoms with van der Waals surface area (Å²) in [6, 6.07) is 25.4. The molecule has 6 aromatic rings. The van der Waals surface area contributed by atoms with Gasteiger partial charge in [-0.1, -0.05) is 36.4 Å². The topological polar surface area (TPSA) is 39.5 Å². The van der Waals surface area contributed by atoms with E-state index < -0.39 is 0 Å². The van der Waals surface area contributed by atoms with Crippen molar-refractivity contribution in [3.63, 3.8) is 0 Å². The molecule has 5 nitrogen and oxygen atoms in total. The highest BCUT2D eigenvalue weighted by Crippen LogP contribution is 2.38. The van der Waals surface area contributed by atoms with Crippen LogP contribution in [0.1, 0.15) is 5.56 Å². The lowest BCUT2D eigenvalue weighted by atomic mass is 10.1. The molecule has 4 aromatic heterocycles. The van der Waals surface area contributed by atoms with Crippen molar-refractivity contribution in [1.82, 2.24) is 19.1 Å². The maximum Gasteiger partial charge on any atom is 0.298 e. The number of pyridine rings is 2. The summed E-state index contributed by atoms with van der Waals surface area (Å²) in [5, 5.41) is 1.15. The second-order valence-electron chi connectivity index (χ2n) is 7.85. The van der Waals surface area contributed by atoms with E-state index in [9.17, 15) is 0 Å². The van der Waals surface area contributed by atoms with Gasteiger partial charge >= 0.3 is 0 Å². The van der Waals surface area contributed by atoms with Gasteiger partial charge in [-0.3, -0.25) is 14.5 Å². The molecule has 0 radical (unpaired) electrons. The van der Waals surface area contributed by atoms with Crippen molar-refractivity contribution >= 4 is 22.1 Å². The van der Waals surface area contributed by atoms with Crippen molar-refractivity contribution in [2.45, 2.75) is 6.54 Å². The fourth-order valence-corrected chi connectivity index (χ4v) is 4.92. The molecule has 1 aliphatic rings. The fourth-order valence-electron chi connectivity index (χ4n) is 4.92. The van der Waals surface area contributed by atoms with Gasteiger partial charge in [-0.25, -0.2) is 4.57 Å². The lowest BCUT2D eigenvalue weighted by molar-refractivity contribution is -0.645. The van der Waals surface area contributed by atoms with Crippen molar-refractivity contribution in [3.8, 4) is 22.8 Å². The highest BCUT2D eigenvalue weighted by molar-refractivity contribution is 6.05. The first-order valence-electron chi connectivity index (χ1n) is 10.4. The Bertz CT molecular complexity index is 1590. The Morgan fingerprint density at radius 1 is 0.710 bits per heavy atom. The van der Waals surface area contributed by atoms with Crippen molar-refractivity contribution in [2.24, 2.45) is 0 Å². The summed E-state index contributed by atoms with van der Waals surface area (Å²) in [5.41, 5.74) is 8.23. The summed E-state index contributed by atoms with van der Waals surface area (Å²) < 4.78 is 7.13. The number of para-hydroxylation sites is 2. The molecule has 0 saturated carbocycles. The molecule has 0 N–H and O–H groups in total. The second kappa shape index (κ2) is 6.12. The zero-order valence-corrected chi connectivity index (χ0v) is 16.7. The van der Waals surface area contributed by atoms with Crippen molar-refractivity contribution < 1.29 is 4.57 Å². The van der Waals surface area contributed by atoms with Gasteiger partial charge in [0.25, 0.3) is 11.5 Å². The second-order valence-corrected chi connectivity index (χ2v) is 7.85. The first-order chi connectivity index (χ1) is 15.4. The number of imidazole rings is 1. The minimum absolute atomic E-state index is 0.826. The van der Waals surface area contributed by atoms with Crippen molar-refractivity contribution in [3.05, 3.63) is 103 Å². The molecule has 0 atom stereocenters. The van der Waals surface area contributed by atoms with E-state index in [0.29, 0.717) is 0 Å². The molecule has 31 heavy (non-hydrogen) atoms. The van der Waals surface area contributed by atoms with Crippen LogP contribution in [0.25, 0.3) is 44.8 Å². The molecular weight excluding hydrogens is 382 g/mol. The molecule has 0 saturated heterocycles. The van der Waals surface area contributed by atoms with Crippen LogP contribution in [0.5, 0.6) is 0 Å². The molecule has 2 aromatic carbocycles. The van der Waals surface area contributed by atoms with Crippen LogP contribution in [0.2, 0.25) is 0 Å². The van der Waals surface area contributed by atoms with E-state index in [4.69, 9.17) is 0 Å². The number of hydrogen-bond acceptors (Lipinski definition) is 2. The number of benzene rings is 2. The van der Waals surface area contributed by atoms with E-state index in [1.54, 1.807) is 0 Å². The summed E-state index contributed by atoms with van der Waals surface area (Å²) in [7, 11) is 0. The maximum absolute atomic E-state index is 4.48. The molecule has 1 aliphatic heterocycles. The third kappa shape index (κ3) is 2.17. The minimum atomic E-state index is 0.826. The summed E-state index contributed by atoms with van der Waals surface area (Å²) in [4.78, 5) is 8.92. The minimum Gasteiger partial charge on any atom is -0.273 e. The standard InChI is InChI=1S/C26H18N5/c1-3-7-19(8-4-1)30-23-12-14-28-16-22(23)24-26(30)31(20-9-5-2-6-10-20)25-21-15-27-13-11-18(21)17-29(24)25/h1-16H,17H2/q+1. The number of fused-ring (bicyclic) bond motifs is 7. The van der Waals surface area contributed by atoms with E-state index in [0.717, 1.165) is 40.3 Å². The Kier molecular flexibility index (Phi) is 3.27. The van der Waals surface area contributed by atoms with Gasteiger partial charge < -0.3 is 0 Å². The van der Waals surface area contributed by atoms with Crippen LogP contribution in [-0.4, -0.2) is 19.1 Å². The normalized spacial score (nSPS) is 12.4. The SMILES string of the molecule is c1ccc(-n2c3[n+](c4c5cnccc5n(-c5ccccc5)c42)Cc2ccncc2-3)cc1. The molecule has 0 amide bonds. The first kappa shape index (κ1) is 16.5. The molecular formula is C26H18N5+. The number of nitrogens with zero attached hydrogens (tertiary/aromatic N) is 5. The van der Waals surface area contributed by atoms with E-state index in [2.05, 4.69) is 96.5 Å². The maximum atomic E-state index is 4.48. The monoisotopic (exact) mass is 400 g/mol. The van der Waals surface area contributed by atoms with E-state index >= 15 is 0 Å². The number of aromatic nitrogens is 5. The van der Waals surface area contributed by atoms with E-state index in [1.165, 1.54) is 16.6 Å². The van der Waals surface area contributed by atoms with Crippen LogP contribution in [0.15, 0.2) is 97.6 Å². The molecule has 0 fully saturated rings. The molecule has 5 heterocycles. The Morgan fingerprint density at radius 3 is 2.16 bits per heavy atom. The van der Waals surface area contributed by atoms with Gasteiger partial charge in [-0.15, -0.1) is 0 Å². The summed E-state index contributed by atoms with van der Waals surface area (Å²) in [5.74, 6) is 1.16. The molecule has 0 unspecified atom stereocenters. The van der Waals surface area contributed by atoms with Crippen LogP contribution in [-0.2, 0) is 6.54 Å². The highest BCUT2D eigenvalue weighted by Gasteiger charge is 2.39. The molecule has 0 bridgehead atoms. The zero-order valence-electron chi connectivity index (χ0n) is 16.7. The molecule has 7 rings (SSSR count). The lowest BCUT2D eigenvalue weighted by Crippen LogP contribution is -2.31. The quantitative estimate of drug-likeness (QED) is 0.395. The van der Waals surface area contributed by atoms with Gasteiger partial charge in [0, 0.05) is 36.0 Å². The fraction of sp³-hybridized carbons (Fsp3) is 0.0385. The third-order valence-corrected chi connectivity index (χ3v) is 6.18. The van der Waals surface area contributed by atoms with Crippen LogP contribution in [0, 0.1) is 0 Å². The summed E-state index contributed by atoms with van der Waals surface area (Å²) >= 11 is 0. The number of hydrogen-bond donors (Lipinski definition) is 0. The van der Waals surface area contributed by atoms with Crippen molar-refractivity contribution in [2.75, 3.05) is 0 Å². The lowest BCUT2D eigenvalue weighted by Gasteiger charge is -2.08. The molecule has 0 aliphatic carbocycles. The zero-order chi connectivity index (χ0) is 20.4. The van der Waals surface area contributed by atoms with Crippen LogP contribution >= 0.6 is 0 Å². The average molecular weight is 400 g/mol. The van der Waals surface area contributed by atoms with Crippen LogP contribution in [0.3, 0.4) is 0 Å². The van der Waals surface area contributed by atoms with Gasteiger partial charge in [0.2, 0.25) is 5.52 Å².